The summed E-state index contributed by atoms with van der Waals surface area (Å²) in [7, 11) is 0. The van der Waals surface area contributed by atoms with E-state index in [2.05, 4.69) is 28.7 Å². The van der Waals surface area contributed by atoms with E-state index in [1.165, 1.54) is 0 Å². The van der Waals surface area contributed by atoms with E-state index in [-0.39, 0.29) is 0 Å². The van der Waals surface area contributed by atoms with Gasteiger partial charge in [0.15, 0.2) is 0 Å². The first kappa shape index (κ1) is 13.8. The Morgan fingerprint density at radius 3 is 2.65 bits per heavy atom. The molecule has 2 N–H and O–H groups in total. The zero-order valence-electron chi connectivity index (χ0n) is 10.7. The molecule has 5 heteroatoms. The van der Waals surface area contributed by atoms with E-state index < -0.39 is 0 Å². The Morgan fingerprint density at radius 1 is 1.41 bits per heavy atom. The van der Waals surface area contributed by atoms with Gasteiger partial charge >= 0.3 is 0 Å². The SMILES string of the molecule is CCCCN(CC)c1nc(C)cc(C(N)=S)n1. The predicted molar refractivity (Wildman–Crippen MR) is 75.5 cm³/mol. The first-order chi connectivity index (χ1) is 8.08. The molecule has 1 aromatic rings. The van der Waals surface area contributed by atoms with E-state index in [4.69, 9.17) is 18.0 Å². The number of nitrogens with zero attached hydrogens (tertiary/aromatic N) is 3. The van der Waals surface area contributed by atoms with Gasteiger partial charge in [0.2, 0.25) is 5.95 Å². The summed E-state index contributed by atoms with van der Waals surface area (Å²) >= 11 is 4.96. The van der Waals surface area contributed by atoms with Crippen molar-refractivity contribution in [3.63, 3.8) is 0 Å². The fourth-order valence-electron chi connectivity index (χ4n) is 1.57. The molecular formula is C12H20N4S. The van der Waals surface area contributed by atoms with E-state index >= 15 is 0 Å². The summed E-state index contributed by atoms with van der Waals surface area (Å²) < 4.78 is 0. The van der Waals surface area contributed by atoms with Crippen LogP contribution in [0, 0.1) is 6.92 Å². The van der Waals surface area contributed by atoms with Crippen molar-refractivity contribution < 1.29 is 0 Å². The molecular weight excluding hydrogens is 232 g/mol. The fraction of sp³-hybridized carbons (Fsp3) is 0.583. The highest BCUT2D eigenvalue weighted by atomic mass is 32.1. The Bertz CT molecular complexity index is 392. The second-order valence-corrected chi connectivity index (χ2v) is 4.43. The molecule has 0 spiro atoms. The molecule has 0 fully saturated rings. The van der Waals surface area contributed by atoms with Gasteiger partial charge in [-0.25, -0.2) is 9.97 Å². The zero-order valence-corrected chi connectivity index (χ0v) is 11.5. The molecule has 1 aromatic heterocycles. The minimum absolute atomic E-state index is 0.322. The summed E-state index contributed by atoms with van der Waals surface area (Å²) in [5.74, 6) is 0.726. The first-order valence-electron chi connectivity index (χ1n) is 5.98. The maximum absolute atomic E-state index is 5.62. The van der Waals surface area contributed by atoms with Crippen LogP contribution in [0.1, 0.15) is 38.1 Å². The minimum Gasteiger partial charge on any atom is -0.388 e. The van der Waals surface area contributed by atoms with Crippen LogP contribution in [-0.4, -0.2) is 28.0 Å². The first-order valence-corrected chi connectivity index (χ1v) is 6.39. The maximum Gasteiger partial charge on any atom is 0.226 e. The van der Waals surface area contributed by atoms with Crippen molar-refractivity contribution in [3.8, 4) is 0 Å². The van der Waals surface area contributed by atoms with Gasteiger partial charge in [-0.15, -0.1) is 0 Å². The maximum atomic E-state index is 5.62. The lowest BCUT2D eigenvalue weighted by Gasteiger charge is -2.21. The van der Waals surface area contributed by atoms with Crippen molar-refractivity contribution >= 4 is 23.2 Å². The van der Waals surface area contributed by atoms with Crippen LogP contribution in [-0.2, 0) is 0 Å². The Kier molecular flexibility index (Phi) is 5.28. The van der Waals surface area contributed by atoms with Crippen LogP contribution in [0.4, 0.5) is 5.95 Å². The number of hydrogen-bond acceptors (Lipinski definition) is 4. The summed E-state index contributed by atoms with van der Waals surface area (Å²) in [6, 6.07) is 1.82. The molecule has 0 atom stereocenters. The molecule has 0 saturated heterocycles. The summed E-state index contributed by atoms with van der Waals surface area (Å²) in [6.07, 6.45) is 2.29. The average Bonchev–Trinajstić information content (AvgIpc) is 2.29. The lowest BCUT2D eigenvalue weighted by molar-refractivity contribution is 0.712. The molecule has 0 aliphatic heterocycles. The standard InChI is InChI=1S/C12H20N4S/c1-4-6-7-16(5-2)12-14-9(3)8-10(15-12)11(13)17/h8H,4-7H2,1-3H3,(H2,13,17). The van der Waals surface area contributed by atoms with Gasteiger partial charge in [-0.05, 0) is 26.3 Å². The number of anilines is 1. The molecule has 1 rings (SSSR count). The van der Waals surface area contributed by atoms with Crippen molar-refractivity contribution in [1.82, 2.24) is 9.97 Å². The number of aromatic nitrogens is 2. The highest BCUT2D eigenvalue weighted by Crippen LogP contribution is 2.11. The highest BCUT2D eigenvalue weighted by molar-refractivity contribution is 7.80. The van der Waals surface area contributed by atoms with Gasteiger partial charge in [0.25, 0.3) is 0 Å². The summed E-state index contributed by atoms with van der Waals surface area (Å²) in [4.78, 5) is 11.3. The fourth-order valence-corrected chi connectivity index (χ4v) is 1.67. The van der Waals surface area contributed by atoms with Crippen LogP contribution >= 0.6 is 12.2 Å². The molecule has 0 aliphatic rings. The summed E-state index contributed by atoms with van der Waals surface area (Å²) in [6.45, 7) is 8.06. The van der Waals surface area contributed by atoms with Crippen molar-refractivity contribution in [3.05, 3.63) is 17.5 Å². The van der Waals surface area contributed by atoms with Gasteiger partial charge in [-0.2, -0.15) is 0 Å². The Labute approximate surface area is 108 Å². The third-order valence-electron chi connectivity index (χ3n) is 2.54. The van der Waals surface area contributed by atoms with E-state index in [0.29, 0.717) is 10.7 Å². The van der Waals surface area contributed by atoms with E-state index in [0.717, 1.165) is 37.6 Å². The molecule has 0 aliphatic carbocycles. The average molecular weight is 252 g/mol. The lowest BCUT2D eigenvalue weighted by atomic mass is 10.3. The van der Waals surface area contributed by atoms with Gasteiger partial charge in [0, 0.05) is 18.8 Å². The zero-order chi connectivity index (χ0) is 12.8. The van der Waals surface area contributed by atoms with Gasteiger partial charge < -0.3 is 10.6 Å². The number of thiocarbonyl (C=S) groups is 1. The molecule has 17 heavy (non-hydrogen) atoms. The van der Waals surface area contributed by atoms with Crippen molar-refractivity contribution in [2.45, 2.75) is 33.6 Å². The molecule has 0 amide bonds. The molecule has 0 radical (unpaired) electrons. The Hall–Kier alpha value is -1.23. The van der Waals surface area contributed by atoms with Gasteiger partial charge in [0.1, 0.15) is 10.7 Å². The normalized spacial score (nSPS) is 10.3. The monoisotopic (exact) mass is 252 g/mol. The van der Waals surface area contributed by atoms with Crippen molar-refractivity contribution in [2.24, 2.45) is 5.73 Å². The van der Waals surface area contributed by atoms with Crippen LogP contribution in [0.15, 0.2) is 6.07 Å². The second kappa shape index (κ2) is 6.49. The number of nitrogens with two attached hydrogens (primary N) is 1. The van der Waals surface area contributed by atoms with Crippen molar-refractivity contribution in [2.75, 3.05) is 18.0 Å². The van der Waals surface area contributed by atoms with E-state index in [9.17, 15) is 0 Å². The third-order valence-corrected chi connectivity index (χ3v) is 2.75. The van der Waals surface area contributed by atoms with Crippen molar-refractivity contribution in [1.29, 1.82) is 0 Å². The summed E-state index contributed by atoms with van der Waals surface area (Å²) in [5, 5.41) is 0. The van der Waals surface area contributed by atoms with Gasteiger partial charge in [0.05, 0.1) is 0 Å². The Balaban J connectivity index is 2.98. The van der Waals surface area contributed by atoms with Crippen LogP contribution in [0.3, 0.4) is 0 Å². The highest BCUT2D eigenvalue weighted by Gasteiger charge is 2.10. The van der Waals surface area contributed by atoms with Crippen LogP contribution in [0.25, 0.3) is 0 Å². The Morgan fingerprint density at radius 2 is 2.12 bits per heavy atom. The quantitative estimate of drug-likeness (QED) is 0.785. The molecule has 0 bridgehead atoms. The molecule has 0 saturated carbocycles. The van der Waals surface area contributed by atoms with Crippen LogP contribution in [0.5, 0.6) is 0 Å². The van der Waals surface area contributed by atoms with E-state index in [1.54, 1.807) is 0 Å². The molecule has 4 nitrogen and oxygen atoms in total. The van der Waals surface area contributed by atoms with Gasteiger partial charge in [-0.3, -0.25) is 0 Å². The minimum atomic E-state index is 0.322. The largest absolute Gasteiger partial charge is 0.388 e. The number of unbranched alkanes of at least 4 members (excludes halogenated alkanes) is 1. The number of aryl methyl sites for hydroxylation is 1. The molecule has 94 valence electrons. The van der Waals surface area contributed by atoms with Crippen LogP contribution < -0.4 is 10.6 Å². The number of rotatable bonds is 6. The topological polar surface area (TPSA) is 55.0 Å². The third kappa shape index (κ3) is 3.93. The molecule has 0 aromatic carbocycles. The van der Waals surface area contributed by atoms with Gasteiger partial charge in [-0.1, -0.05) is 25.6 Å². The summed E-state index contributed by atoms with van der Waals surface area (Å²) in [5.41, 5.74) is 7.16. The lowest BCUT2D eigenvalue weighted by Crippen LogP contribution is -2.27. The predicted octanol–water partition coefficient (Wildman–Crippen LogP) is 2.05. The smallest absolute Gasteiger partial charge is 0.226 e. The molecule has 0 unspecified atom stereocenters. The van der Waals surface area contributed by atoms with Crippen LogP contribution in [0.2, 0.25) is 0 Å². The second-order valence-electron chi connectivity index (χ2n) is 3.99. The number of hydrogen-bond donors (Lipinski definition) is 1. The molecule has 1 heterocycles. The van der Waals surface area contributed by atoms with E-state index in [1.807, 2.05) is 13.0 Å².